The molecule has 3 nitrogen and oxygen atoms in total. The maximum atomic E-state index is 13.2. The molecule has 0 aromatic carbocycles. The molecule has 0 amide bonds. The van der Waals surface area contributed by atoms with Crippen LogP contribution in [0.4, 0.5) is 10.1 Å². The highest BCUT2D eigenvalue weighted by molar-refractivity contribution is 5.39. The Hall–Kier alpha value is -1.00. The van der Waals surface area contributed by atoms with Gasteiger partial charge in [0.2, 0.25) is 0 Å². The first-order valence-electron chi connectivity index (χ1n) is 5.94. The van der Waals surface area contributed by atoms with Gasteiger partial charge in [-0.3, -0.25) is 4.98 Å². The van der Waals surface area contributed by atoms with E-state index in [9.17, 15) is 4.39 Å². The van der Waals surface area contributed by atoms with E-state index >= 15 is 0 Å². The molecule has 0 bridgehead atoms. The van der Waals surface area contributed by atoms with E-state index in [4.69, 9.17) is 0 Å². The minimum atomic E-state index is -0.255. The maximum Gasteiger partial charge on any atom is 0.173 e. The van der Waals surface area contributed by atoms with Crippen LogP contribution in [-0.2, 0) is 0 Å². The highest BCUT2D eigenvalue weighted by Gasteiger charge is 2.31. The van der Waals surface area contributed by atoms with E-state index < -0.39 is 0 Å². The van der Waals surface area contributed by atoms with Gasteiger partial charge in [-0.25, -0.2) is 8.98 Å². The second-order valence-corrected chi connectivity index (χ2v) is 4.41. The fourth-order valence-corrected chi connectivity index (χ4v) is 2.47. The molecular formula is C12H19FN3+. The molecule has 1 N–H and O–H groups in total. The van der Waals surface area contributed by atoms with Gasteiger partial charge in [0.05, 0.1) is 12.4 Å². The predicted molar refractivity (Wildman–Crippen MR) is 63.3 cm³/mol. The third-order valence-corrected chi connectivity index (χ3v) is 3.44. The van der Waals surface area contributed by atoms with Crippen molar-refractivity contribution in [2.45, 2.75) is 25.7 Å². The largest absolute Gasteiger partial charge is 0.255 e. The zero-order chi connectivity index (χ0) is 11.4. The van der Waals surface area contributed by atoms with Crippen molar-refractivity contribution < 1.29 is 4.39 Å². The summed E-state index contributed by atoms with van der Waals surface area (Å²) in [5.41, 5.74) is 4.27. The summed E-state index contributed by atoms with van der Waals surface area (Å²) in [5.74, 6) is -0.255. The van der Waals surface area contributed by atoms with Crippen molar-refractivity contribution in [3.8, 4) is 0 Å². The molecule has 0 radical (unpaired) electrons. The first kappa shape index (κ1) is 11.5. The molecule has 2 rings (SSSR count). The number of pyridine rings is 1. The van der Waals surface area contributed by atoms with Crippen molar-refractivity contribution in [2.24, 2.45) is 0 Å². The van der Waals surface area contributed by atoms with E-state index in [-0.39, 0.29) is 5.82 Å². The smallest absolute Gasteiger partial charge is 0.173 e. The SMILES string of the molecule is CN[N+]1(c2cncc(F)c2)CCCCCC1. The third kappa shape index (κ3) is 2.23. The predicted octanol–water partition coefficient (Wildman–Crippen LogP) is 2.24. The molecule has 16 heavy (non-hydrogen) atoms. The summed E-state index contributed by atoms with van der Waals surface area (Å²) < 4.78 is 13.9. The number of quaternary nitrogens is 1. The van der Waals surface area contributed by atoms with Gasteiger partial charge in [0.15, 0.2) is 5.69 Å². The van der Waals surface area contributed by atoms with Crippen LogP contribution in [0.25, 0.3) is 0 Å². The Morgan fingerprint density at radius 2 is 1.88 bits per heavy atom. The standard InChI is InChI=1S/C12H19FN3/c1-14-16(6-4-2-3-5-7-16)12-8-11(13)9-15-10-12/h8-10,14H,2-7H2,1H3/q+1. The Morgan fingerprint density at radius 3 is 2.44 bits per heavy atom. The van der Waals surface area contributed by atoms with Crippen molar-refractivity contribution in [2.75, 3.05) is 20.1 Å². The lowest BCUT2D eigenvalue weighted by atomic mass is 10.2. The van der Waals surface area contributed by atoms with E-state index in [1.165, 1.54) is 31.9 Å². The quantitative estimate of drug-likeness (QED) is 0.779. The van der Waals surface area contributed by atoms with Gasteiger partial charge in [0.1, 0.15) is 18.9 Å². The summed E-state index contributed by atoms with van der Waals surface area (Å²) in [4.78, 5) is 3.95. The zero-order valence-corrected chi connectivity index (χ0v) is 9.75. The molecule has 4 heteroatoms. The monoisotopic (exact) mass is 224 g/mol. The van der Waals surface area contributed by atoms with Crippen LogP contribution in [0.2, 0.25) is 0 Å². The van der Waals surface area contributed by atoms with Crippen LogP contribution < -0.4 is 10.0 Å². The van der Waals surface area contributed by atoms with Crippen LogP contribution in [0.5, 0.6) is 0 Å². The van der Waals surface area contributed by atoms with Gasteiger partial charge in [-0.05, 0) is 25.7 Å². The summed E-state index contributed by atoms with van der Waals surface area (Å²) in [5, 5.41) is 0. The number of nitrogens with zero attached hydrogens (tertiary/aromatic N) is 2. The summed E-state index contributed by atoms with van der Waals surface area (Å²) >= 11 is 0. The minimum absolute atomic E-state index is 0.255. The van der Waals surface area contributed by atoms with Crippen molar-refractivity contribution in [3.63, 3.8) is 0 Å². The van der Waals surface area contributed by atoms with Crippen LogP contribution in [0, 0.1) is 5.82 Å². The average Bonchev–Trinajstić information content (AvgIpc) is 2.55. The van der Waals surface area contributed by atoms with E-state index in [2.05, 4.69) is 10.4 Å². The van der Waals surface area contributed by atoms with Crippen LogP contribution >= 0.6 is 0 Å². The molecule has 0 unspecified atom stereocenters. The van der Waals surface area contributed by atoms with Crippen molar-refractivity contribution in [1.82, 2.24) is 15.0 Å². The zero-order valence-electron chi connectivity index (χ0n) is 9.75. The molecule has 0 aliphatic carbocycles. The second-order valence-electron chi connectivity index (χ2n) is 4.41. The van der Waals surface area contributed by atoms with Gasteiger partial charge in [-0.15, -0.1) is 0 Å². The molecule has 88 valence electrons. The minimum Gasteiger partial charge on any atom is -0.255 e. The van der Waals surface area contributed by atoms with Gasteiger partial charge in [-0.1, -0.05) is 0 Å². The lowest BCUT2D eigenvalue weighted by Crippen LogP contribution is -2.58. The lowest BCUT2D eigenvalue weighted by molar-refractivity contribution is 0.216. The van der Waals surface area contributed by atoms with Gasteiger partial charge in [0, 0.05) is 13.1 Å². The Bertz CT molecular complexity index is 346. The van der Waals surface area contributed by atoms with Gasteiger partial charge >= 0.3 is 0 Å². The van der Waals surface area contributed by atoms with E-state index in [1.54, 1.807) is 12.3 Å². The number of hydrogen-bond donors (Lipinski definition) is 1. The molecule has 0 spiro atoms. The molecule has 1 fully saturated rings. The molecule has 1 aromatic rings. The Balaban J connectivity index is 2.31. The molecule has 0 atom stereocenters. The maximum absolute atomic E-state index is 13.2. The fraction of sp³-hybridized carbons (Fsp3) is 0.583. The summed E-state index contributed by atoms with van der Waals surface area (Å²) in [6, 6.07) is 1.59. The van der Waals surface area contributed by atoms with Crippen LogP contribution in [0.3, 0.4) is 0 Å². The summed E-state index contributed by atoms with van der Waals surface area (Å²) in [6.45, 7) is 2.03. The molecular weight excluding hydrogens is 205 g/mol. The lowest BCUT2D eigenvalue weighted by Gasteiger charge is -2.34. The Morgan fingerprint density at radius 1 is 1.19 bits per heavy atom. The van der Waals surface area contributed by atoms with E-state index in [1.807, 2.05) is 7.05 Å². The highest BCUT2D eigenvalue weighted by atomic mass is 19.1. The van der Waals surface area contributed by atoms with Crippen LogP contribution in [-0.4, -0.2) is 25.1 Å². The first-order valence-corrected chi connectivity index (χ1v) is 5.94. The Kier molecular flexibility index (Phi) is 3.51. The van der Waals surface area contributed by atoms with Crippen LogP contribution in [0.15, 0.2) is 18.5 Å². The molecule has 1 saturated heterocycles. The van der Waals surface area contributed by atoms with E-state index in [0.29, 0.717) is 4.59 Å². The van der Waals surface area contributed by atoms with Gasteiger partial charge in [-0.2, -0.15) is 5.43 Å². The van der Waals surface area contributed by atoms with Crippen LogP contribution in [0.1, 0.15) is 25.7 Å². The van der Waals surface area contributed by atoms with Gasteiger partial charge < -0.3 is 0 Å². The molecule has 1 aromatic heterocycles. The molecule has 1 aliphatic heterocycles. The third-order valence-electron chi connectivity index (χ3n) is 3.44. The highest BCUT2D eigenvalue weighted by Crippen LogP contribution is 2.25. The first-order chi connectivity index (χ1) is 7.77. The number of nitrogens with one attached hydrogen (secondary N) is 1. The van der Waals surface area contributed by atoms with Crippen molar-refractivity contribution in [1.29, 1.82) is 0 Å². The normalized spacial score (nSPS) is 20.4. The number of halogens is 1. The fourth-order valence-electron chi connectivity index (χ4n) is 2.47. The van der Waals surface area contributed by atoms with E-state index in [0.717, 1.165) is 18.8 Å². The number of rotatable bonds is 2. The molecule has 2 heterocycles. The topological polar surface area (TPSA) is 24.9 Å². The molecule has 0 saturated carbocycles. The summed E-state index contributed by atoms with van der Waals surface area (Å²) in [6.07, 6.45) is 7.92. The second kappa shape index (κ2) is 4.89. The van der Waals surface area contributed by atoms with Gasteiger partial charge in [0.25, 0.3) is 0 Å². The average molecular weight is 224 g/mol. The Labute approximate surface area is 95.9 Å². The summed E-state index contributed by atoms with van der Waals surface area (Å²) in [7, 11) is 1.94. The number of aromatic nitrogens is 1. The molecule has 1 aliphatic rings. The number of hydrogen-bond acceptors (Lipinski definition) is 2. The van der Waals surface area contributed by atoms with Crippen molar-refractivity contribution >= 4 is 5.69 Å². The van der Waals surface area contributed by atoms with Crippen molar-refractivity contribution in [3.05, 3.63) is 24.3 Å².